The molecule has 2 aromatic carbocycles. The number of anilines is 1. The third-order valence-electron chi connectivity index (χ3n) is 4.18. The van der Waals surface area contributed by atoms with E-state index in [-0.39, 0.29) is 18.9 Å². The zero-order valence-corrected chi connectivity index (χ0v) is 18.9. The summed E-state index contributed by atoms with van der Waals surface area (Å²) in [6.45, 7) is 9.42. The Morgan fingerprint density at radius 2 is 1.66 bits per heavy atom. The number of carbonyl (C=O) groups excluding carboxylic acids is 2. The Morgan fingerprint density at radius 1 is 1.00 bits per heavy atom. The van der Waals surface area contributed by atoms with E-state index in [1.165, 1.54) is 0 Å². The number of nitrogens with zero attached hydrogens (tertiary/aromatic N) is 1. The molecule has 6 nitrogen and oxygen atoms in total. The molecule has 0 spiro atoms. The van der Waals surface area contributed by atoms with E-state index in [9.17, 15) is 9.59 Å². The van der Waals surface area contributed by atoms with Crippen molar-refractivity contribution in [2.75, 3.05) is 11.9 Å². The molecule has 0 aliphatic rings. The zero-order chi connectivity index (χ0) is 21.6. The van der Waals surface area contributed by atoms with E-state index in [1.807, 2.05) is 52.0 Å². The smallest absolute Gasteiger partial charge is 0.277 e. The minimum atomic E-state index is -0.401. The second-order valence-electron chi connectivity index (χ2n) is 7.10. The van der Waals surface area contributed by atoms with Crippen LogP contribution in [0.3, 0.4) is 0 Å². The van der Waals surface area contributed by atoms with Crippen molar-refractivity contribution in [1.82, 2.24) is 5.43 Å². The normalized spacial score (nSPS) is 11.2. The first-order valence-corrected chi connectivity index (χ1v) is 10.0. The van der Waals surface area contributed by atoms with E-state index in [1.54, 1.807) is 13.0 Å². The van der Waals surface area contributed by atoms with Gasteiger partial charge in [-0.3, -0.25) is 9.59 Å². The summed E-state index contributed by atoms with van der Waals surface area (Å²) in [5.41, 5.74) is 7.98. The fourth-order valence-electron chi connectivity index (χ4n) is 2.89. The van der Waals surface area contributed by atoms with Crippen LogP contribution in [0.25, 0.3) is 0 Å². The Balaban J connectivity index is 1.84. The Hall–Kier alpha value is -2.67. The molecule has 2 amide bonds. The molecule has 0 aliphatic heterocycles. The van der Waals surface area contributed by atoms with Gasteiger partial charge >= 0.3 is 0 Å². The highest BCUT2D eigenvalue weighted by Crippen LogP contribution is 2.25. The lowest BCUT2D eigenvalue weighted by Gasteiger charge is -2.13. The van der Waals surface area contributed by atoms with Crippen LogP contribution in [0.1, 0.15) is 35.6 Å². The minimum Gasteiger partial charge on any atom is -0.483 e. The van der Waals surface area contributed by atoms with Gasteiger partial charge in [-0.25, -0.2) is 5.43 Å². The maximum absolute atomic E-state index is 12.3. The van der Waals surface area contributed by atoms with Crippen molar-refractivity contribution in [3.05, 3.63) is 57.1 Å². The van der Waals surface area contributed by atoms with Gasteiger partial charge in [0.2, 0.25) is 5.91 Å². The first kappa shape index (κ1) is 22.6. The lowest BCUT2D eigenvalue weighted by atomic mass is 10.0. The molecule has 2 N–H and O–H groups in total. The van der Waals surface area contributed by atoms with E-state index >= 15 is 0 Å². The molecule has 0 fully saturated rings. The SMILES string of the molecule is C/C(CC(=O)Nc1c(C)cc(C)cc1C)=N\NC(=O)COc1ccc(C)cc1Br. The summed E-state index contributed by atoms with van der Waals surface area (Å²) in [7, 11) is 0. The van der Waals surface area contributed by atoms with Gasteiger partial charge in [0.25, 0.3) is 5.91 Å². The van der Waals surface area contributed by atoms with Crippen molar-refractivity contribution < 1.29 is 14.3 Å². The molecular weight excluding hydrogens is 434 g/mol. The van der Waals surface area contributed by atoms with E-state index in [0.717, 1.165) is 32.4 Å². The number of halogens is 1. The largest absolute Gasteiger partial charge is 0.483 e. The maximum atomic E-state index is 12.3. The van der Waals surface area contributed by atoms with E-state index in [0.29, 0.717) is 11.5 Å². The first-order valence-electron chi connectivity index (χ1n) is 9.24. The van der Waals surface area contributed by atoms with Crippen LogP contribution in [-0.4, -0.2) is 24.1 Å². The van der Waals surface area contributed by atoms with Crippen molar-refractivity contribution in [3.8, 4) is 5.75 Å². The van der Waals surface area contributed by atoms with Crippen LogP contribution >= 0.6 is 15.9 Å². The quantitative estimate of drug-likeness (QED) is 0.469. The van der Waals surface area contributed by atoms with Crippen molar-refractivity contribution in [3.63, 3.8) is 0 Å². The number of hydrazone groups is 1. The highest BCUT2D eigenvalue weighted by atomic mass is 79.9. The molecule has 2 aromatic rings. The van der Waals surface area contributed by atoms with Gasteiger partial charge in [-0.2, -0.15) is 5.10 Å². The standard InChI is InChI=1S/C22H26BrN3O3/c1-13-6-7-19(18(23)10-13)29-12-21(28)26-25-17(5)11-20(27)24-22-15(3)8-14(2)9-16(22)4/h6-10H,11-12H2,1-5H3,(H,24,27)(H,26,28)/b25-17+. The van der Waals surface area contributed by atoms with Gasteiger partial charge in [0.05, 0.1) is 10.9 Å². The maximum Gasteiger partial charge on any atom is 0.277 e. The van der Waals surface area contributed by atoms with Crippen LogP contribution in [0.2, 0.25) is 0 Å². The number of ether oxygens (including phenoxy) is 1. The number of hydrogen-bond acceptors (Lipinski definition) is 4. The molecule has 0 radical (unpaired) electrons. The third kappa shape index (κ3) is 7.02. The van der Waals surface area contributed by atoms with Crippen molar-refractivity contribution >= 4 is 39.1 Å². The molecular formula is C22H26BrN3O3. The van der Waals surface area contributed by atoms with Crippen LogP contribution in [0.5, 0.6) is 5.75 Å². The fourth-order valence-corrected chi connectivity index (χ4v) is 3.50. The Labute approximate surface area is 179 Å². The second-order valence-corrected chi connectivity index (χ2v) is 7.96. The Bertz CT molecular complexity index is 931. The van der Waals surface area contributed by atoms with E-state index in [2.05, 4.69) is 31.8 Å². The molecule has 0 unspecified atom stereocenters. The number of rotatable bonds is 7. The summed E-state index contributed by atoms with van der Waals surface area (Å²) in [6, 6.07) is 9.65. The Kier molecular flexibility index (Phi) is 7.96. The predicted molar refractivity (Wildman–Crippen MR) is 120 cm³/mol. The highest BCUT2D eigenvalue weighted by Gasteiger charge is 2.10. The van der Waals surface area contributed by atoms with Gasteiger partial charge in [0.15, 0.2) is 6.61 Å². The lowest BCUT2D eigenvalue weighted by Crippen LogP contribution is -2.26. The minimum absolute atomic E-state index is 0.0808. The van der Waals surface area contributed by atoms with E-state index in [4.69, 9.17) is 4.74 Å². The highest BCUT2D eigenvalue weighted by molar-refractivity contribution is 9.10. The van der Waals surface area contributed by atoms with Crippen molar-refractivity contribution in [2.24, 2.45) is 5.10 Å². The number of hydrogen-bond donors (Lipinski definition) is 2. The summed E-state index contributed by atoms with van der Waals surface area (Å²) < 4.78 is 6.26. The summed E-state index contributed by atoms with van der Waals surface area (Å²) in [4.78, 5) is 24.2. The van der Waals surface area contributed by atoms with E-state index < -0.39 is 5.91 Å². The molecule has 0 saturated carbocycles. The summed E-state index contributed by atoms with van der Waals surface area (Å²) in [5.74, 6) is -0.00693. The third-order valence-corrected chi connectivity index (χ3v) is 4.80. The molecule has 7 heteroatoms. The van der Waals surface area contributed by atoms with Gasteiger partial charge < -0.3 is 10.1 Å². The lowest BCUT2D eigenvalue weighted by molar-refractivity contribution is -0.123. The van der Waals surface area contributed by atoms with Crippen molar-refractivity contribution in [2.45, 2.75) is 41.0 Å². The molecule has 0 heterocycles. The van der Waals surface area contributed by atoms with Crippen molar-refractivity contribution in [1.29, 1.82) is 0 Å². The topological polar surface area (TPSA) is 79.8 Å². The van der Waals surface area contributed by atoms with Gasteiger partial charge in [-0.05, 0) is 79.4 Å². The zero-order valence-electron chi connectivity index (χ0n) is 17.4. The average Bonchev–Trinajstić information content (AvgIpc) is 2.62. The predicted octanol–water partition coefficient (Wildman–Crippen LogP) is 4.58. The number of nitrogens with one attached hydrogen (secondary N) is 2. The number of benzene rings is 2. The average molecular weight is 460 g/mol. The van der Waals surface area contributed by atoms with Crippen LogP contribution < -0.4 is 15.5 Å². The van der Waals surface area contributed by atoms with Crippen LogP contribution in [0, 0.1) is 27.7 Å². The second kappa shape index (κ2) is 10.2. The molecule has 0 bridgehead atoms. The molecule has 0 atom stereocenters. The van der Waals surface area contributed by atoms with Gasteiger partial charge in [0.1, 0.15) is 5.75 Å². The molecule has 2 rings (SSSR count). The number of amides is 2. The molecule has 154 valence electrons. The fraction of sp³-hybridized carbons (Fsp3) is 0.318. The van der Waals surface area contributed by atoms with Crippen LogP contribution in [0.15, 0.2) is 39.9 Å². The number of aryl methyl sites for hydroxylation is 4. The molecule has 0 aromatic heterocycles. The van der Waals surface area contributed by atoms with Crippen LogP contribution in [-0.2, 0) is 9.59 Å². The molecule has 0 saturated heterocycles. The molecule has 0 aliphatic carbocycles. The monoisotopic (exact) mass is 459 g/mol. The summed E-state index contributed by atoms with van der Waals surface area (Å²) in [6.07, 6.45) is 0.0808. The number of carbonyl (C=O) groups is 2. The summed E-state index contributed by atoms with van der Waals surface area (Å²) >= 11 is 3.40. The van der Waals surface area contributed by atoms with Gasteiger partial charge in [-0.1, -0.05) is 23.8 Å². The van der Waals surface area contributed by atoms with Crippen LogP contribution in [0.4, 0.5) is 5.69 Å². The summed E-state index contributed by atoms with van der Waals surface area (Å²) in [5, 5.41) is 6.90. The van der Waals surface area contributed by atoms with Gasteiger partial charge in [-0.15, -0.1) is 0 Å². The first-order chi connectivity index (χ1) is 13.7. The molecule has 29 heavy (non-hydrogen) atoms. The van der Waals surface area contributed by atoms with Gasteiger partial charge in [0, 0.05) is 11.4 Å². The Morgan fingerprint density at radius 3 is 2.28 bits per heavy atom.